The monoisotopic (exact) mass is 256 g/mol. The molecule has 2 saturated heterocycles. The van der Waals surface area contributed by atoms with Crippen LogP contribution in [0.15, 0.2) is 0 Å². The normalized spacial score (nSPS) is 32.7. The average Bonchev–Trinajstić information content (AvgIpc) is 2.72. The minimum atomic E-state index is -0.826. The van der Waals surface area contributed by atoms with Crippen LogP contribution in [0.4, 0.5) is 4.79 Å². The average molecular weight is 256 g/mol. The summed E-state index contributed by atoms with van der Waals surface area (Å²) in [6.07, 6.45) is 0.574. The molecular formula is C12H20N2O4. The number of urea groups is 1. The van der Waals surface area contributed by atoms with E-state index in [0.717, 1.165) is 0 Å². The highest BCUT2D eigenvalue weighted by Crippen LogP contribution is 2.30. The van der Waals surface area contributed by atoms with Crippen LogP contribution in [0.25, 0.3) is 0 Å². The fraction of sp³-hybridized carbons (Fsp3) is 0.833. The molecule has 2 aliphatic heterocycles. The zero-order valence-corrected chi connectivity index (χ0v) is 10.9. The molecule has 0 aromatic heterocycles. The van der Waals surface area contributed by atoms with Crippen molar-refractivity contribution in [2.45, 2.75) is 26.4 Å². The van der Waals surface area contributed by atoms with Gasteiger partial charge in [-0.2, -0.15) is 0 Å². The third kappa shape index (κ3) is 2.43. The van der Waals surface area contributed by atoms with Crippen LogP contribution < -0.4 is 0 Å². The second-order valence-corrected chi connectivity index (χ2v) is 5.45. The summed E-state index contributed by atoms with van der Waals surface area (Å²) in [6.45, 7) is 6.18. The first-order valence-electron chi connectivity index (χ1n) is 6.31. The van der Waals surface area contributed by atoms with Gasteiger partial charge in [0.2, 0.25) is 0 Å². The van der Waals surface area contributed by atoms with Crippen LogP contribution in [0.1, 0.15) is 20.3 Å². The van der Waals surface area contributed by atoms with Gasteiger partial charge in [0.25, 0.3) is 0 Å². The maximum absolute atomic E-state index is 12.3. The van der Waals surface area contributed by atoms with E-state index in [0.29, 0.717) is 39.2 Å². The summed E-state index contributed by atoms with van der Waals surface area (Å²) in [7, 11) is 0. The van der Waals surface area contributed by atoms with Crippen molar-refractivity contribution in [3.05, 3.63) is 0 Å². The molecule has 2 unspecified atom stereocenters. The van der Waals surface area contributed by atoms with Crippen molar-refractivity contribution in [1.29, 1.82) is 0 Å². The van der Waals surface area contributed by atoms with Crippen molar-refractivity contribution in [2.24, 2.45) is 5.41 Å². The van der Waals surface area contributed by atoms with Gasteiger partial charge in [-0.25, -0.2) is 4.79 Å². The van der Waals surface area contributed by atoms with Gasteiger partial charge in [-0.1, -0.05) is 0 Å². The molecule has 0 radical (unpaired) electrons. The third-order valence-electron chi connectivity index (χ3n) is 3.77. The molecule has 18 heavy (non-hydrogen) atoms. The Kier molecular flexibility index (Phi) is 3.47. The Labute approximate surface area is 106 Å². The Hall–Kier alpha value is -1.30. The van der Waals surface area contributed by atoms with E-state index in [1.54, 1.807) is 16.7 Å². The lowest BCUT2D eigenvalue weighted by Crippen LogP contribution is -2.50. The Balaban J connectivity index is 1.97. The largest absolute Gasteiger partial charge is 0.481 e. The van der Waals surface area contributed by atoms with Crippen LogP contribution in [0, 0.1) is 5.41 Å². The maximum atomic E-state index is 12.3. The first-order valence-corrected chi connectivity index (χ1v) is 6.31. The molecule has 6 heteroatoms. The number of carboxylic acids is 1. The van der Waals surface area contributed by atoms with Gasteiger partial charge in [0.1, 0.15) is 0 Å². The lowest BCUT2D eigenvalue weighted by Gasteiger charge is -2.34. The van der Waals surface area contributed by atoms with Crippen molar-refractivity contribution >= 4 is 12.0 Å². The number of nitrogens with zero attached hydrogens (tertiary/aromatic N) is 2. The number of ether oxygens (including phenoxy) is 1. The second kappa shape index (κ2) is 4.76. The molecule has 102 valence electrons. The Bertz CT molecular complexity index is 360. The number of rotatable bonds is 1. The van der Waals surface area contributed by atoms with E-state index in [2.05, 4.69) is 0 Å². The molecular weight excluding hydrogens is 236 g/mol. The van der Waals surface area contributed by atoms with Crippen molar-refractivity contribution in [3.8, 4) is 0 Å². The minimum Gasteiger partial charge on any atom is -0.481 e. The van der Waals surface area contributed by atoms with E-state index in [4.69, 9.17) is 9.84 Å². The lowest BCUT2D eigenvalue weighted by molar-refractivity contribution is -0.147. The number of aliphatic carboxylic acids is 1. The van der Waals surface area contributed by atoms with Gasteiger partial charge in [-0.3, -0.25) is 4.79 Å². The molecule has 2 amide bonds. The van der Waals surface area contributed by atoms with Crippen LogP contribution in [-0.4, -0.2) is 65.8 Å². The fourth-order valence-corrected chi connectivity index (χ4v) is 2.49. The predicted octanol–water partition coefficient (Wildman–Crippen LogP) is 0.624. The quantitative estimate of drug-likeness (QED) is 0.747. The SMILES string of the molecule is CC1CN(C(=O)N2CCC(C)(C(=O)O)C2)CCO1. The smallest absolute Gasteiger partial charge is 0.320 e. The molecule has 0 bridgehead atoms. The van der Waals surface area contributed by atoms with Gasteiger partial charge in [0.05, 0.1) is 18.1 Å². The molecule has 2 fully saturated rings. The Morgan fingerprint density at radius 3 is 2.61 bits per heavy atom. The summed E-state index contributed by atoms with van der Waals surface area (Å²) >= 11 is 0. The van der Waals surface area contributed by atoms with Crippen LogP contribution >= 0.6 is 0 Å². The number of carboxylic acid groups (broad SMARTS) is 1. The highest BCUT2D eigenvalue weighted by atomic mass is 16.5. The van der Waals surface area contributed by atoms with Crippen LogP contribution in [0.5, 0.6) is 0 Å². The maximum Gasteiger partial charge on any atom is 0.320 e. The van der Waals surface area contributed by atoms with Gasteiger partial charge in [0.15, 0.2) is 0 Å². The van der Waals surface area contributed by atoms with Crippen LogP contribution in [0.2, 0.25) is 0 Å². The number of hydrogen-bond acceptors (Lipinski definition) is 3. The predicted molar refractivity (Wildman–Crippen MR) is 64.3 cm³/mol. The van der Waals surface area contributed by atoms with E-state index >= 15 is 0 Å². The summed E-state index contributed by atoms with van der Waals surface area (Å²) in [5, 5.41) is 9.15. The molecule has 0 saturated carbocycles. The molecule has 0 aromatic rings. The van der Waals surface area contributed by atoms with E-state index in [-0.39, 0.29) is 12.1 Å². The second-order valence-electron chi connectivity index (χ2n) is 5.45. The first-order chi connectivity index (χ1) is 8.42. The molecule has 1 N–H and O–H groups in total. The molecule has 0 aromatic carbocycles. The Morgan fingerprint density at radius 2 is 2.06 bits per heavy atom. The molecule has 0 spiro atoms. The van der Waals surface area contributed by atoms with Crippen LogP contribution in [-0.2, 0) is 9.53 Å². The van der Waals surface area contributed by atoms with E-state index in [1.807, 2.05) is 6.92 Å². The van der Waals surface area contributed by atoms with Gasteiger partial charge in [-0.05, 0) is 20.3 Å². The summed E-state index contributed by atoms with van der Waals surface area (Å²) in [4.78, 5) is 26.8. The first kappa shape index (κ1) is 13.1. The number of amides is 2. The van der Waals surface area contributed by atoms with Crippen molar-refractivity contribution in [3.63, 3.8) is 0 Å². The highest BCUT2D eigenvalue weighted by Gasteiger charge is 2.43. The molecule has 2 aliphatic rings. The van der Waals surface area contributed by atoms with Gasteiger partial charge >= 0.3 is 12.0 Å². The van der Waals surface area contributed by atoms with Crippen molar-refractivity contribution < 1.29 is 19.4 Å². The zero-order chi connectivity index (χ0) is 13.3. The third-order valence-corrected chi connectivity index (χ3v) is 3.77. The summed E-state index contributed by atoms with van der Waals surface area (Å²) in [5.41, 5.74) is -0.798. The van der Waals surface area contributed by atoms with E-state index < -0.39 is 11.4 Å². The minimum absolute atomic E-state index is 0.0520. The molecule has 2 heterocycles. The fourth-order valence-electron chi connectivity index (χ4n) is 2.49. The summed E-state index contributed by atoms with van der Waals surface area (Å²) in [6, 6.07) is -0.0601. The summed E-state index contributed by atoms with van der Waals surface area (Å²) in [5.74, 6) is -0.826. The number of hydrogen-bond donors (Lipinski definition) is 1. The lowest BCUT2D eigenvalue weighted by atomic mass is 9.90. The highest BCUT2D eigenvalue weighted by molar-refractivity contribution is 5.79. The standard InChI is InChI=1S/C12H20N2O4/c1-9-7-13(5-6-18-9)11(17)14-4-3-12(2,8-14)10(15)16/h9H,3-8H2,1-2H3,(H,15,16). The topological polar surface area (TPSA) is 70.1 Å². The number of likely N-dealkylation sites (tertiary alicyclic amines) is 1. The van der Waals surface area contributed by atoms with Crippen molar-refractivity contribution in [2.75, 3.05) is 32.8 Å². The van der Waals surface area contributed by atoms with E-state index in [1.165, 1.54) is 0 Å². The Morgan fingerprint density at radius 1 is 1.33 bits per heavy atom. The van der Waals surface area contributed by atoms with Crippen molar-refractivity contribution in [1.82, 2.24) is 9.80 Å². The number of morpholine rings is 1. The molecule has 2 atom stereocenters. The van der Waals surface area contributed by atoms with Gasteiger partial charge in [0, 0.05) is 26.2 Å². The van der Waals surface area contributed by atoms with Gasteiger partial charge < -0.3 is 19.6 Å². The van der Waals surface area contributed by atoms with E-state index in [9.17, 15) is 9.59 Å². The zero-order valence-electron chi connectivity index (χ0n) is 10.9. The van der Waals surface area contributed by atoms with Gasteiger partial charge in [-0.15, -0.1) is 0 Å². The molecule has 6 nitrogen and oxygen atoms in total. The molecule has 2 rings (SSSR count). The summed E-state index contributed by atoms with van der Waals surface area (Å²) < 4.78 is 5.39. The molecule has 0 aliphatic carbocycles. The number of carbonyl (C=O) groups excluding carboxylic acids is 1. The number of carbonyl (C=O) groups is 2. The van der Waals surface area contributed by atoms with Crippen LogP contribution in [0.3, 0.4) is 0 Å².